The number of hydrogen-bond acceptors (Lipinski definition) is 6. The molecule has 4 aromatic rings. The van der Waals surface area contributed by atoms with E-state index in [-0.39, 0.29) is 10.8 Å². The first-order chi connectivity index (χ1) is 15.8. The van der Waals surface area contributed by atoms with Crippen LogP contribution in [-0.2, 0) is 0 Å². The molecule has 5 rings (SSSR count). The molecule has 3 aromatic heterocycles. The van der Waals surface area contributed by atoms with Gasteiger partial charge in [0, 0.05) is 43.6 Å². The highest BCUT2D eigenvalue weighted by Crippen LogP contribution is 2.30. The standard InChI is InChI=1S/C23H23ClFN7O/c1-12-8-31(9-13(2)27-12)18-5-4-16(20-21(18)26-7-19(24)30-20)23(33)29-15-6-17(25)22-28-14(3)10-32(22)11-15/h4-7,10-13,27H,8-9H2,1-3H3,(H,29,33)/t12-,13-/m1/s1. The van der Waals surface area contributed by atoms with E-state index in [1.807, 2.05) is 6.07 Å². The Morgan fingerprint density at radius 3 is 2.70 bits per heavy atom. The molecule has 1 aliphatic rings. The van der Waals surface area contributed by atoms with Gasteiger partial charge in [-0.25, -0.2) is 19.3 Å². The summed E-state index contributed by atoms with van der Waals surface area (Å²) in [5.41, 5.74) is 3.39. The molecule has 1 amide bonds. The van der Waals surface area contributed by atoms with Crippen molar-refractivity contribution in [2.75, 3.05) is 23.3 Å². The maximum Gasteiger partial charge on any atom is 0.257 e. The minimum atomic E-state index is -0.522. The number of amides is 1. The van der Waals surface area contributed by atoms with Gasteiger partial charge in [0.25, 0.3) is 5.91 Å². The van der Waals surface area contributed by atoms with Crippen LogP contribution in [0.15, 0.2) is 36.8 Å². The normalized spacial score (nSPS) is 18.8. The molecule has 0 saturated carbocycles. The summed E-state index contributed by atoms with van der Waals surface area (Å²) in [7, 11) is 0. The van der Waals surface area contributed by atoms with Crippen molar-refractivity contribution in [2.45, 2.75) is 32.9 Å². The second-order valence-corrected chi connectivity index (χ2v) is 8.93. The largest absolute Gasteiger partial charge is 0.367 e. The van der Waals surface area contributed by atoms with Crippen molar-refractivity contribution in [3.05, 3.63) is 59.0 Å². The van der Waals surface area contributed by atoms with Crippen LogP contribution in [0.2, 0.25) is 5.15 Å². The Morgan fingerprint density at radius 1 is 1.18 bits per heavy atom. The summed E-state index contributed by atoms with van der Waals surface area (Å²) in [4.78, 5) is 28.5. The lowest BCUT2D eigenvalue weighted by Gasteiger charge is -2.38. The van der Waals surface area contributed by atoms with Gasteiger partial charge < -0.3 is 19.9 Å². The fraction of sp³-hybridized carbons (Fsp3) is 0.304. The van der Waals surface area contributed by atoms with Gasteiger partial charge in [-0.15, -0.1) is 0 Å². The van der Waals surface area contributed by atoms with E-state index in [1.54, 1.807) is 29.8 Å². The molecule has 2 N–H and O–H groups in total. The van der Waals surface area contributed by atoms with Crippen LogP contribution < -0.4 is 15.5 Å². The van der Waals surface area contributed by atoms with Crippen LogP contribution in [-0.4, -0.2) is 50.4 Å². The highest BCUT2D eigenvalue weighted by Gasteiger charge is 2.25. The fourth-order valence-corrected chi connectivity index (χ4v) is 4.60. The third-order valence-electron chi connectivity index (χ3n) is 5.68. The van der Waals surface area contributed by atoms with Gasteiger partial charge >= 0.3 is 0 Å². The van der Waals surface area contributed by atoms with Gasteiger partial charge in [-0.2, -0.15) is 0 Å². The summed E-state index contributed by atoms with van der Waals surface area (Å²) in [6.45, 7) is 7.65. The van der Waals surface area contributed by atoms with Crippen molar-refractivity contribution >= 4 is 45.6 Å². The number of carbonyl (C=O) groups is 1. The van der Waals surface area contributed by atoms with Gasteiger partial charge in [0.05, 0.1) is 28.8 Å². The number of nitrogens with zero attached hydrogens (tertiary/aromatic N) is 5. The number of aromatic nitrogens is 4. The highest BCUT2D eigenvalue weighted by atomic mass is 35.5. The van der Waals surface area contributed by atoms with Crippen molar-refractivity contribution in [1.29, 1.82) is 0 Å². The zero-order chi connectivity index (χ0) is 23.3. The zero-order valence-corrected chi connectivity index (χ0v) is 19.2. The van der Waals surface area contributed by atoms with E-state index in [4.69, 9.17) is 11.6 Å². The summed E-state index contributed by atoms with van der Waals surface area (Å²) >= 11 is 6.14. The van der Waals surface area contributed by atoms with Crippen molar-refractivity contribution in [3.8, 4) is 0 Å². The SMILES string of the molecule is Cc1cn2cc(NC(=O)c3ccc(N4C[C@@H](C)N[C@H](C)C4)c4ncc(Cl)nc34)cc(F)c2n1. The van der Waals surface area contributed by atoms with E-state index in [1.165, 1.54) is 12.3 Å². The van der Waals surface area contributed by atoms with Crippen LogP contribution in [0.3, 0.4) is 0 Å². The molecule has 0 bridgehead atoms. The Labute approximate surface area is 194 Å². The van der Waals surface area contributed by atoms with Gasteiger partial charge in [-0.1, -0.05) is 11.6 Å². The second-order valence-electron chi connectivity index (χ2n) is 8.54. The average molecular weight is 468 g/mol. The van der Waals surface area contributed by atoms with E-state index >= 15 is 0 Å². The lowest BCUT2D eigenvalue weighted by molar-refractivity contribution is 0.102. The second kappa shape index (κ2) is 8.24. The van der Waals surface area contributed by atoms with Gasteiger partial charge in [-0.05, 0) is 32.9 Å². The van der Waals surface area contributed by atoms with E-state index in [0.717, 1.165) is 18.8 Å². The topological polar surface area (TPSA) is 87.5 Å². The molecular weight excluding hydrogens is 445 g/mol. The van der Waals surface area contributed by atoms with Crippen molar-refractivity contribution < 1.29 is 9.18 Å². The number of carbonyl (C=O) groups excluding carboxylic acids is 1. The Bertz CT molecular complexity index is 1380. The Balaban J connectivity index is 1.53. The van der Waals surface area contributed by atoms with Gasteiger partial charge in [-0.3, -0.25) is 4.79 Å². The summed E-state index contributed by atoms with van der Waals surface area (Å²) in [5.74, 6) is -0.952. The monoisotopic (exact) mass is 467 g/mol. The fourth-order valence-electron chi connectivity index (χ4n) is 4.47. The molecule has 2 atom stereocenters. The predicted octanol–water partition coefficient (Wildman–Crippen LogP) is 3.82. The van der Waals surface area contributed by atoms with Gasteiger partial charge in [0.2, 0.25) is 0 Å². The first kappa shape index (κ1) is 21.5. The quantitative estimate of drug-likeness (QED) is 0.476. The molecule has 33 heavy (non-hydrogen) atoms. The number of imidazole rings is 1. The lowest BCUT2D eigenvalue weighted by atomic mass is 10.1. The van der Waals surface area contributed by atoms with Crippen molar-refractivity contribution in [1.82, 2.24) is 24.7 Å². The van der Waals surface area contributed by atoms with Crippen LogP contribution in [0.4, 0.5) is 15.8 Å². The number of aryl methyl sites for hydroxylation is 1. The zero-order valence-electron chi connectivity index (χ0n) is 18.4. The maximum absolute atomic E-state index is 14.5. The number of nitrogens with one attached hydrogen (secondary N) is 2. The molecule has 4 heterocycles. The molecule has 1 aliphatic heterocycles. The minimum absolute atomic E-state index is 0.192. The van der Waals surface area contributed by atoms with Crippen LogP contribution in [0.5, 0.6) is 0 Å². The summed E-state index contributed by atoms with van der Waals surface area (Å²) < 4.78 is 16.0. The third-order valence-corrected chi connectivity index (χ3v) is 5.86. The van der Waals surface area contributed by atoms with E-state index < -0.39 is 11.7 Å². The molecule has 8 nitrogen and oxygen atoms in total. The average Bonchev–Trinajstić information content (AvgIpc) is 3.12. The number of halogens is 2. The minimum Gasteiger partial charge on any atom is -0.367 e. The highest BCUT2D eigenvalue weighted by molar-refractivity contribution is 6.29. The number of anilines is 2. The smallest absolute Gasteiger partial charge is 0.257 e. The molecule has 1 saturated heterocycles. The summed E-state index contributed by atoms with van der Waals surface area (Å²) in [6.07, 6.45) is 4.79. The maximum atomic E-state index is 14.5. The number of rotatable bonds is 3. The Morgan fingerprint density at radius 2 is 1.94 bits per heavy atom. The first-order valence-corrected chi connectivity index (χ1v) is 11.1. The third kappa shape index (κ3) is 4.09. The number of benzene rings is 1. The number of piperazine rings is 1. The van der Waals surface area contributed by atoms with E-state index in [2.05, 4.69) is 44.3 Å². The van der Waals surface area contributed by atoms with Crippen LogP contribution in [0, 0.1) is 12.7 Å². The summed E-state index contributed by atoms with van der Waals surface area (Å²) in [6, 6.07) is 5.46. The molecule has 0 aliphatic carbocycles. The molecular formula is C23H23ClFN7O. The van der Waals surface area contributed by atoms with Crippen molar-refractivity contribution in [2.24, 2.45) is 0 Å². The predicted molar refractivity (Wildman–Crippen MR) is 127 cm³/mol. The molecule has 0 radical (unpaired) electrons. The van der Waals surface area contributed by atoms with Crippen LogP contribution >= 0.6 is 11.6 Å². The van der Waals surface area contributed by atoms with E-state index in [9.17, 15) is 9.18 Å². The molecule has 0 spiro atoms. The van der Waals surface area contributed by atoms with Gasteiger partial charge in [0.1, 0.15) is 16.2 Å². The van der Waals surface area contributed by atoms with Crippen LogP contribution in [0.25, 0.3) is 16.7 Å². The van der Waals surface area contributed by atoms with E-state index in [0.29, 0.717) is 40.1 Å². The number of pyridine rings is 1. The number of fused-ring (bicyclic) bond motifs is 2. The lowest BCUT2D eigenvalue weighted by Crippen LogP contribution is -2.54. The van der Waals surface area contributed by atoms with Crippen molar-refractivity contribution in [3.63, 3.8) is 0 Å². The molecule has 0 unspecified atom stereocenters. The molecule has 1 fully saturated rings. The Hall–Kier alpha value is -3.30. The van der Waals surface area contributed by atoms with Crippen LogP contribution in [0.1, 0.15) is 29.9 Å². The number of hydrogen-bond donors (Lipinski definition) is 2. The van der Waals surface area contributed by atoms with Gasteiger partial charge in [0.15, 0.2) is 11.5 Å². The Kier molecular flexibility index (Phi) is 5.38. The molecule has 170 valence electrons. The molecule has 1 aromatic carbocycles. The first-order valence-electron chi connectivity index (χ1n) is 10.7. The molecule has 10 heteroatoms. The summed E-state index contributed by atoms with van der Waals surface area (Å²) in [5, 5.41) is 6.47.